The van der Waals surface area contributed by atoms with Gasteiger partial charge in [-0.1, -0.05) is 52.7 Å². The summed E-state index contributed by atoms with van der Waals surface area (Å²) in [5.41, 5.74) is -2.02. The molecular formula is C42H66O14. The molecule has 0 amide bonds. The van der Waals surface area contributed by atoms with Gasteiger partial charge in [-0.05, 0) is 104 Å². The monoisotopic (exact) mass is 794 g/mol. The van der Waals surface area contributed by atoms with Crippen molar-refractivity contribution in [2.75, 3.05) is 20.3 Å². The van der Waals surface area contributed by atoms with Crippen molar-refractivity contribution < 1.29 is 69.0 Å². The molecule has 2 heterocycles. The summed E-state index contributed by atoms with van der Waals surface area (Å²) >= 11 is 0. The van der Waals surface area contributed by atoms with Crippen molar-refractivity contribution >= 4 is 11.9 Å². The average molecular weight is 795 g/mol. The number of hydrogen-bond donors (Lipinski definition) is 7. The van der Waals surface area contributed by atoms with Crippen LogP contribution in [0.3, 0.4) is 0 Å². The second-order valence-electron chi connectivity index (χ2n) is 19.9. The van der Waals surface area contributed by atoms with Crippen LogP contribution in [-0.4, -0.2) is 129 Å². The summed E-state index contributed by atoms with van der Waals surface area (Å²) in [4.78, 5) is 27.0. The van der Waals surface area contributed by atoms with Gasteiger partial charge in [-0.25, -0.2) is 0 Å². The normalized spacial score (nSPS) is 52.7. The Morgan fingerprint density at radius 2 is 1.50 bits per heavy atom. The molecule has 14 heteroatoms. The zero-order valence-electron chi connectivity index (χ0n) is 34.1. The van der Waals surface area contributed by atoms with Crippen LogP contribution >= 0.6 is 0 Å². The molecule has 318 valence electrons. The molecule has 0 aromatic heterocycles. The van der Waals surface area contributed by atoms with Crippen LogP contribution < -0.4 is 0 Å². The Morgan fingerprint density at radius 3 is 2.16 bits per heavy atom. The van der Waals surface area contributed by atoms with Crippen LogP contribution in [-0.2, 0) is 33.3 Å². The van der Waals surface area contributed by atoms with Crippen LogP contribution in [0.5, 0.6) is 0 Å². The second kappa shape index (κ2) is 14.5. The maximum atomic E-state index is 14.2. The maximum absolute atomic E-state index is 14.2. The quantitative estimate of drug-likeness (QED) is 0.112. The predicted octanol–water partition coefficient (Wildman–Crippen LogP) is 2.67. The largest absolute Gasteiger partial charge is 0.481 e. The van der Waals surface area contributed by atoms with Crippen LogP contribution in [0.2, 0.25) is 0 Å². The van der Waals surface area contributed by atoms with E-state index in [0.717, 1.165) is 37.7 Å². The number of ether oxygens (including phenoxy) is 5. The third-order valence-corrected chi connectivity index (χ3v) is 17.4. The number of hydrogen-bond acceptors (Lipinski definition) is 13. The summed E-state index contributed by atoms with van der Waals surface area (Å²) in [5.74, 6) is -1.06. The minimum absolute atomic E-state index is 0.136. The molecule has 7 rings (SSSR count). The van der Waals surface area contributed by atoms with E-state index in [1.807, 2.05) is 6.92 Å². The molecule has 0 aromatic rings. The smallest absolute Gasteiger partial charge is 0.316 e. The summed E-state index contributed by atoms with van der Waals surface area (Å²) in [7, 11) is 1.43. The molecule has 0 spiro atoms. The number of methoxy groups -OCH3 is 1. The molecule has 5 aliphatic carbocycles. The number of carboxylic acid groups (broad SMARTS) is 1. The van der Waals surface area contributed by atoms with Gasteiger partial charge in [0.05, 0.1) is 37.3 Å². The van der Waals surface area contributed by atoms with Crippen LogP contribution in [0.4, 0.5) is 0 Å². The molecule has 0 unspecified atom stereocenters. The van der Waals surface area contributed by atoms with Gasteiger partial charge in [0, 0.05) is 0 Å². The zero-order chi connectivity index (χ0) is 41.0. The van der Waals surface area contributed by atoms with Crippen LogP contribution in [0.15, 0.2) is 11.6 Å². The van der Waals surface area contributed by atoms with Crippen molar-refractivity contribution in [3.05, 3.63) is 11.6 Å². The van der Waals surface area contributed by atoms with Gasteiger partial charge >= 0.3 is 11.9 Å². The van der Waals surface area contributed by atoms with E-state index in [9.17, 15) is 45.3 Å². The van der Waals surface area contributed by atoms with Gasteiger partial charge in [0.25, 0.3) is 0 Å². The number of carbonyl (C=O) groups excluding carboxylic acids is 1. The van der Waals surface area contributed by atoms with Crippen LogP contribution in [0, 0.1) is 50.2 Å². The highest BCUT2D eigenvalue weighted by Crippen LogP contribution is 2.77. The van der Waals surface area contributed by atoms with E-state index in [2.05, 4.69) is 40.7 Å². The fraction of sp³-hybridized carbons (Fsp3) is 0.905. The first-order valence-electron chi connectivity index (χ1n) is 20.8. The summed E-state index contributed by atoms with van der Waals surface area (Å²) in [6.07, 6.45) is -3.83. The van der Waals surface area contributed by atoms with Gasteiger partial charge < -0.3 is 59.4 Å². The predicted molar refractivity (Wildman–Crippen MR) is 198 cm³/mol. The Bertz CT molecular complexity index is 1550. The fourth-order valence-corrected chi connectivity index (χ4v) is 14.1. The molecular weight excluding hydrogens is 728 g/mol. The minimum atomic E-state index is -1.65. The molecule has 7 aliphatic rings. The minimum Gasteiger partial charge on any atom is -0.481 e. The Hall–Kier alpha value is -1.72. The molecule has 2 saturated heterocycles. The summed E-state index contributed by atoms with van der Waals surface area (Å²) < 4.78 is 29.8. The molecule has 2 aliphatic heterocycles. The Balaban J connectivity index is 1.17. The molecule has 0 bridgehead atoms. The maximum Gasteiger partial charge on any atom is 0.316 e. The molecule has 0 radical (unpaired) electrons. The number of esters is 1. The molecule has 4 saturated carbocycles. The number of carbonyl (C=O) groups is 2. The third kappa shape index (κ3) is 5.85. The number of fused-ring (bicyclic) bond motifs is 7. The van der Waals surface area contributed by atoms with E-state index in [0.29, 0.717) is 32.1 Å². The van der Waals surface area contributed by atoms with Crippen molar-refractivity contribution in [2.24, 2.45) is 50.2 Å². The number of aliphatic carboxylic acids is 1. The van der Waals surface area contributed by atoms with Gasteiger partial charge in [-0.3, -0.25) is 9.59 Å². The van der Waals surface area contributed by atoms with Gasteiger partial charge in [0.1, 0.15) is 42.7 Å². The first-order valence-corrected chi connectivity index (χ1v) is 20.8. The second-order valence-corrected chi connectivity index (χ2v) is 19.9. The summed E-state index contributed by atoms with van der Waals surface area (Å²) in [6.45, 7) is 12.4. The number of aliphatic hydroxyl groups is 6. The lowest BCUT2D eigenvalue weighted by Crippen LogP contribution is -2.67. The lowest BCUT2D eigenvalue weighted by Gasteiger charge is -2.72. The number of aliphatic hydroxyl groups excluding tert-OH is 6. The van der Waals surface area contributed by atoms with Crippen molar-refractivity contribution in [3.63, 3.8) is 0 Å². The zero-order valence-corrected chi connectivity index (χ0v) is 34.1. The van der Waals surface area contributed by atoms with Gasteiger partial charge in [-0.15, -0.1) is 0 Å². The van der Waals surface area contributed by atoms with Crippen molar-refractivity contribution in [2.45, 2.75) is 167 Å². The molecule has 6 fully saturated rings. The average Bonchev–Trinajstić information content (AvgIpc) is 3.15. The third-order valence-electron chi connectivity index (χ3n) is 17.4. The SMILES string of the molecule is COC(=O)[C@]12CCC[C@](C)(C(=O)O)[C@@H]1CC[C@]1(C)C2=CC[C@@H]2[C@@]3(C)CC[C@H](O[C@@H]4O[C@H](CO)[C@@H](O)[C@H](O)[C@H]4O[C@@H]4OC[C@@H](O)[C@H](O)[C@H]4O)C(C)(C)[C@@H]3CC[C@]21C. The first-order chi connectivity index (χ1) is 26.2. The van der Waals surface area contributed by atoms with Crippen molar-refractivity contribution in [1.29, 1.82) is 0 Å². The highest BCUT2D eigenvalue weighted by molar-refractivity contribution is 5.85. The van der Waals surface area contributed by atoms with E-state index in [1.165, 1.54) is 7.11 Å². The Kier molecular flexibility index (Phi) is 11.0. The standard InChI is InChI=1S/C42H66O14/c1-37(2)23-11-17-40(5)24(9-10-26-41(40,6)18-12-25-39(4,35(49)50)14-8-15-42(25,26)36(51)52-7)38(23,3)16-13-27(37)55-34-32(30(47)29(46)22(19-43)54-34)56-33-31(48)28(45)21(44)20-53-33/h10,21-25,27-34,43-48H,8-9,11-20H2,1-7H3,(H,49,50)/t21-,22-,23+,24-,25+,27+,28+,29-,30+,31-,32-,33+,34+,38+,39+,40-,41-,42-/m1/s1. The van der Waals surface area contributed by atoms with Crippen LogP contribution in [0.25, 0.3) is 0 Å². The molecule has 0 aromatic carbocycles. The summed E-state index contributed by atoms with van der Waals surface area (Å²) in [5, 5.41) is 73.5. The number of rotatable bonds is 7. The molecule has 18 atom stereocenters. The lowest BCUT2D eigenvalue weighted by molar-refractivity contribution is -0.370. The highest BCUT2D eigenvalue weighted by atomic mass is 16.8. The van der Waals surface area contributed by atoms with E-state index in [4.69, 9.17) is 23.7 Å². The fourth-order valence-electron chi connectivity index (χ4n) is 14.1. The Morgan fingerprint density at radius 1 is 0.804 bits per heavy atom. The lowest BCUT2D eigenvalue weighted by atomic mass is 9.32. The number of allylic oxidation sites excluding steroid dienone is 1. The molecule has 7 N–H and O–H groups in total. The number of carboxylic acids is 1. The van der Waals surface area contributed by atoms with Gasteiger partial charge in [0.15, 0.2) is 12.6 Å². The Labute approximate surface area is 329 Å². The van der Waals surface area contributed by atoms with Crippen molar-refractivity contribution in [1.82, 2.24) is 0 Å². The highest BCUT2D eigenvalue weighted by Gasteiger charge is 2.72. The van der Waals surface area contributed by atoms with E-state index >= 15 is 0 Å². The summed E-state index contributed by atoms with van der Waals surface area (Å²) in [6, 6.07) is 0. The van der Waals surface area contributed by atoms with Gasteiger partial charge in [-0.2, -0.15) is 0 Å². The molecule has 14 nitrogen and oxygen atoms in total. The van der Waals surface area contributed by atoms with E-state index in [1.54, 1.807) is 0 Å². The molecule has 56 heavy (non-hydrogen) atoms. The topological polar surface area (TPSA) is 222 Å². The van der Waals surface area contributed by atoms with E-state index < -0.39 is 90.2 Å². The first kappa shape index (κ1) is 42.4. The van der Waals surface area contributed by atoms with Crippen molar-refractivity contribution in [3.8, 4) is 0 Å². The van der Waals surface area contributed by atoms with Gasteiger partial charge in [0.2, 0.25) is 0 Å². The van der Waals surface area contributed by atoms with E-state index in [-0.39, 0.29) is 46.6 Å². The van der Waals surface area contributed by atoms with Crippen LogP contribution in [0.1, 0.15) is 106 Å².